The molecule has 2 heterocycles. The second-order valence-electron chi connectivity index (χ2n) is 3.87. The van der Waals surface area contributed by atoms with E-state index in [0.29, 0.717) is 13.0 Å². The number of halogens is 2. The first-order valence-electron chi connectivity index (χ1n) is 5.33. The number of hydrogen-bond acceptors (Lipinski definition) is 2. The third-order valence-electron chi connectivity index (χ3n) is 2.83. The largest absolute Gasteiger partial charge is 0.459 e. The lowest BCUT2D eigenvalue weighted by molar-refractivity contribution is 0.00515. The molecular formula is C11H13F2NO2. The predicted molar refractivity (Wildman–Crippen MR) is 53.4 cm³/mol. The molecule has 0 saturated carbocycles. The van der Waals surface area contributed by atoms with E-state index in [0.717, 1.165) is 12.8 Å². The van der Waals surface area contributed by atoms with Gasteiger partial charge in [0.25, 0.3) is 12.3 Å². The molecule has 1 aliphatic rings. The molecule has 0 radical (unpaired) electrons. The quantitative estimate of drug-likeness (QED) is 0.780. The molecule has 1 fully saturated rings. The van der Waals surface area contributed by atoms with E-state index in [2.05, 4.69) is 0 Å². The third-order valence-corrected chi connectivity index (χ3v) is 2.83. The van der Waals surface area contributed by atoms with Crippen molar-refractivity contribution in [3.05, 3.63) is 24.2 Å². The van der Waals surface area contributed by atoms with Crippen molar-refractivity contribution in [3.63, 3.8) is 0 Å². The highest BCUT2D eigenvalue weighted by Crippen LogP contribution is 2.24. The number of amides is 1. The van der Waals surface area contributed by atoms with Crippen molar-refractivity contribution in [2.75, 3.05) is 6.54 Å². The molecule has 0 aromatic carbocycles. The second-order valence-corrected chi connectivity index (χ2v) is 3.87. The monoisotopic (exact) mass is 229 g/mol. The lowest BCUT2D eigenvalue weighted by atomic mass is 10.0. The van der Waals surface area contributed by atoms with Crippen molar-refractivity contribution < 1.29 is 18.0 Å². The minimum absolute atomic E-state index is 0.132. The van der Waals surface area contributed by atoms with E-state index in [4.69, 9.17) is 4.42 Å². The van der Waals surface area contributed by atoms with Crippen LogP contribution >= 0.6 is 0 Å². The summed E-state index contributed by atoms with van der Waals surface area (Å²) in [6.45, 7) is 0.383. The number of furan rings is 1. The maximum Gasteiger partial charge on any atom is 0.289 e. The van der Waals surface area contributed by atoms with E-state index in [9.17, 15) is 13.6 Å². The summed E-state index contributed by atoms with van der Waals surface area (Å²) in [4.78, 5) is 13.1. The van der Waals surface area contributed by atoms with Gasteiger partial charge >= 0.3 is 0 Å². The van der Waals surface area contributed by atoms with Crippen LogP contribution in [0.5, 0.6) is 0 Å². The van der Waals surface area contributed by atoms with E-state index in [1.54, 1.807) is 6.07 Å². The highest BCUT2D eigenvalue weighted by atomic mass is 19.3. The molecule has 0 aliphatic carbocycles. The summed E-state index contributed by atoms with van der Waals surface area (Å²) in [5.74, 6) is -0.303. The van der Waals surface area contributed by atoms with Gasteiger partial charge in [0, 0.05) is 6.54 Å². The summed E-state index contributed by atoms with van der Waals surface area (Å²) >= 11 is 0. The fraction of sp³-hybridized carbons (Fsp3) is 0.545. The van der Waals surface area contributed by atoms with Crippen LogP contribution in [0.4, 0.5) is 8.78 Å². The maximum absolute atomic E-state index is 12.7. The summed E-state index contributed by atoms with van der Waals surface area (Å²) < 4.78 is 30.4. The van der Waals surface area contributed by atoms with E-state index in [1.165, 1.54) is 17.2 Å². The average Bonchev–Trinajstić information content (AvgIpc) is 2.81. The molecule has 1 atom stereocenters. The summed E-state index contributed by atoms with van der Waals surface area (Å²) in [5.41, 5.74) is 0. The van der Waals surface area contributed by atoms with Crippen molar-refractivity contribution >= 4 is 5.91 Å². The Hall–Kier alpha value is -1.39. The SMILES string of the molecule is O=C(c1ccco1)N1CCCC[C@H]1C(F)F. The van der Waals surface area contributed by atoms with Crippen molar-refractivity contribution in [1.82, 2.24) is 4.90 Å². The van der Waals surface area contributed by atoms with Crippen molar-refractivity contribution in [1.29, 1.82) is 0 Å². The molecule has 1 saturated heterocycles. The number of carbonyl (C=O) groups is 1. The van der Waals surface area contributed by atoms with Crippen LogP contribution in [0.2, 0.25) is 0 Å². The molecule has 1 amide bonds. The van der Waals surface area contributed by atoms with Crippen LogP contribution in [-0.4, -0.2) is 29.8 Å². The fourth-order valence-corrected chi connectivity index (χ4v) is 2.01. The Labute approximate surface area is 92.0 Å². The third kappa shape index (κ3) is 2.08. The normalized spacial score (nSPS) is 21.4. The zero-order valence-electron chi connectivity index (χ0n) is 8.73. The molecule has 2 rings (SSSR count). The number of carbonyl (C=O) groups excluding carboxylic acids is 1. The molecule has 1 aromatic heterocycles. The standard InChI is InChI=1S/C11H13F2NO2/c12-10(13)8-4-1-2-6-14(8)11(15)9-5-3-7-16-9/h3,5,7-8,10H,1-2,4,6H2/t8-/m0/s1. The second kappa shape index (κ2) is 4.63. The van der Waals surface area contributed by atoms with Gasteiger partial charge in [-0.05, 0) is 31.4 Å². The van der Waals surface area contributed by atoms with Crippen LogP contribution in [0.3, 0.4) is 0 Å². The number of alkyl halides is 2. The van der Waals surface area contributed by atoms with E-state index in [-0.39, 0.29) is 5.76 Å². The van der Waals surface area contributed by atoms with Gasteiger partial charge in [-0.2, -0.15) is 0 Å². The Morgan fingerprint density at radius 3 is 2.94 bits per heavy atom. The van der Waals surface area contributed by atoms with Gasteiger partial charge in [-0.3, -0.25) is 4.79 Å². The van der Waals surface area contributed by atoms with Crippen LogP contribution < -0.4 is 0 Å². The number of rotatable bonds is 2. The van der Waals surface area contributed by atoms with Gasteiger partial charge in [-0.25, -0.2) is 8.78 Å². The Bertz CT molecular complexity index is 351. The summed E-state index contributed by atoms with van der Waals surface area (Å²) in [6, 6.07) is 2.11. The minimum atomic E-state index is -2.49. The van der Waals surface area contributed by atoms with Gasteiger partial charge < -0.3 is 9.32 Å². The summed E-state index contributed by atoms with van der Waals surface area (Å²) in [6.07, 6.45) is 0.768. The first-order chi connectivity index (χ1) is 7.70. The highest BCUT2D eigenvalue weighted by Gasteiger charge is 2.34. The number of likely N-dealkylation sites (tertiary alicyclic amines) is 1. The maximum atomic E-state index is 12.7. The van der Waals surface area contributed by atoms with Gasteiger partial charge in [0.15, 0.2) is 5.76 Å². The highest BCUT2D eigenvalue weighted by molar-refractivity contribution is 5.91. The number of piperidine rings is 1. The average molecular weight is 229 g/mol. The lowest BCUT2D eigenvalue weighted by Gasteiger charge is -2.34. The molecule has 0 N–H and O–H groups in total. The minimum Gasteiger partial charge on any atom is -0.459 e. The van der Waals surface area contributed by atoms with Crippen LogP contribution in [0, 0.1) is 0 Å². The zero-order valence-corrected chi connectivity index (χ0v) is 8.73. The van der Waals surface area contributed by atoms with Crippen molar-refractivity contribution in [3.8, 4) is 0 Å². The van der Waals surface area contributed by atoms with E-state index in [1.807, 2.05) is 0 Å². The van der Waals surface area contributed by atoms with Gasteiger partial charge in [0.2, 0.25) is 0 Å². The van der Waals surface area contributed by atoms with Crippen LogP contribution in [-0.2, 0) is 0 Å². The van der Waals surface area contributed by atoms with Gasteiger partial charge in [0.05, 0.1) is 12.3 Å². The first kappa shape index (κ1) is 11.1. The topological polar surface area (TPSA) is 33.5 Å². The van der Waals surface area contributed by atoms with Gasteiger partial charge in [-0.1, -0.05) is 0 Å². The molecule has 0 unspecified atom stereocenters. The molecule has 88 valence electrons. The molecule has 0 bridgehead atoms. The number of hydrogen-bond donors (Lipinski definition) is 0. The molecule has 1 aromatic rings. The Balaban J connectivity index is 2.14. The molecule has 3 nitrogen and oxygen atoms in total. The van der Waals surface area contributed by atoms with Crippen LogP contribution in [0.1, 0.15) is 29.8 Å². The Morgan fingerprint density at radius 2 is 2.31 bits per heavy atom. The summed E-state index contributed by atoms with van der Waals surface area (Å²) in [5, 5.41) is 0. The van der Waals surface area contributed by atoms with Crippen LogP contribution in [0.25, 0.3) is 0 Å². The van der Waals surface area contributed by atoms with Crippen molar-refractivity contribution in [2.45, 2.75) is 31.7 Å². The molecule has 16 heavy (non-hydrogen) atoms. The molecule has 5 heteroatoms. The smallest absolute Gasteiger partial charge is 0.289 e. The number of nitrogens with zero attached hydrogens (tertiary/aromatic N) is 1. The Morgan fingerprint density at radius 1 is 1.50 bits per heavy atom. The first-order valence-corrected chi connectivity index (χ1v) is 5.33. The van der Waals surface area contributed by atoms with Gasteiger partial charge in [0.1, 0.15) is 0 Å². The van der Waals surface area contributed by atoms with Crippen LogP contribution in [0.15, 0.2) is 22.8 Å². The molecular weight excluding hydrogens is 216 g/mol. The molecule has 0 spiro atoms. The molecule has 1 aliphatic heterocycles. The lowest BCUT2D eigenvalue weighted by Crippen LogP contribution is -2.47. The van der Waals surface area contributed by atoms with E-state index >= 15 is 0 Å². The Kier molecular flexibility index (Phi) is 3.22. The fourth-order valence-electron chi connectivity index (χ4n) is 2.01. The predicted octanol–water partition coefficient (Wildman–Crippen LogP) is 2.54. The zero-order chi connectivity index (χ0) is 11.5. The van der Waals surface area contributed by atoms with Gasteiger partial charge in [-0.15, -0.1) is 0 Å². The summed E-state index contributed by atoms with van der Waals surface area (Å²) in [7, 11) is 0. The van der Waals surface area contributed by atoms with Crippen molar-refractivity contribution in [2.24, 2.45) is 0 Å². The van der Waals surface area contributed by atoms with E-state index < -0.39 is 18.4 Å².